The Bertz CT molecular complexity index is 1760. The Morgan fingerprint density at radius 2 is 1.32 bits per heavy atom. The van der Waals surface area contributed by atoms with E-state index in [1.807, 2.05) is 13.8 Å². The lowest BCUT2D eigenvalue weighted by Gasteiger charge is -2.24. The van der Waals surface area contributed by atoms with Crippen molar-refractivity contribution >= 4 is 47.3 Å². The van der Waals surface area contributed by atoms with Crippen molar-refractivity contribution in [3.63, 3.8) is 0 Å². The van der Waals surface area contributed by atoms with Crippen molar-refractivity contribution in [3.8, 4) is 5.75 Å². The van der Waals surface area contributed by atoms with Crippen LogP contribution in [0.3, 0.4) is 0 Å². The fraction of sp³-hybridized carbons (Fsp3) is 0.600. The minimum absolute atomic E-state index is 0.00166. The number of nitrogens with zero attached hydrogens (tertiary/aromatic N) is 3. The zero-order valence-corrected chi connectivity index (χ0v) is 36.2. The highest BCUT2D eigenvalue weighted by atomic mass is 16.5. The molecule has 0 aliphatic heterocycles. The molecule has 2 rings (SSSR count). The molecule has 0 spiro atoms. The lowest BCUT2D eigenvalue weighted by molar-refractivity contribution is -0.133. The molecule has 23 nitrogen and oxygen atoms in total. The van der Waals surface area contributed by atoms with E-state index in [0.717, 1.165) is 18.5 Å². The van der Waals surface area contributed by atoms with Crippen molar-refractivity contribution in [2.75, 3.05) is 65.8 Å². The summed E-state index contributed by atoms with van der Waals surface area (Å²) in [6.07, 6.45) is 5.41. The number of hydrogen-bond acceptors (Lipinski definition) is 14. The van der Waals surface area contributed by atoms with Gasteiger partial charge in [-0.05, 0) is 57.2 Å². The number of aromatic nitrogens is 3. The van der Waals surface area contributed by atoms with Crippen LogP contribution >= 0.6 is 0 Å². The molecule has 0 saturated heterocycles. The molecule has 1 aromatic heterocycles. The molecule has 350 valence electrons. The summed E-state index contributed by atoms with van der Waals surface area (Å²) in [4.78, 5) is 99.3. The van der Waals surface area contributed by atoms with Gasteiger partial charge in [-0.15, -0.1) is 5.10 Å². The molecule has 3 atom stereocenters. The fourth-order valence-electron chi connectivity index (χ4n) is 5.42. The van der Waals surface area contributed by atoms with Crippen molar-refractivity contribution in [1.29, 1.82) is 0 Å². The van der Waals surface area contributed by atoms with E-state index in [-0.39, 0.29) is 44.3 Å². The van der Waals surface area contributed by atoms with E-state index in [9.17, 15) is 43.5 Å². The van der Waals surface area contributed by atoms with Crippen molar-refractivity contribution in [1.82, 2.24) is 52.2 Å². The van der Waals surface area contributed by atoms with Gasteiger partial charge in [-0.1, -0.05) is 30.7 Å². The number of aromatic hydroxyl groups is 1. The molecule has 0 aliphatic rings. The van der Waals surface area contributed by atoms with Crippen LogP contribution in [0.5, 0.6) is 5.75 Å². The highest BCUT2D eigenvalue weighted by Crippen LogP contribution is 2.12. The topological polar surface area (TPSA) is 325 Å². The van der Waals surface area contributed by atoms with Crippen LogP contribution in [0.25, 0.3) is 0 Å². The predicted octanol–water partition coefficient (Wildman–Crippen LogP) is -2.63. The van der Waals surface area contributed by atoms with Crippen LogP contribution in [-0.4, -0.2) is 151 Å². The van der Waals surface area contributed by atoms with Crippen LogP contribution in [0.4, 0.5) is 0 Å². The molecule has 23 heteroatoms. The minimum atomic E-state index is -1.22. The number of carbonyl (C=O) groups is 8. The summed E-state index contributed by atoms with van der Waals surface area (Å²) in [5, 5.41) is 34.9. The van der Waals surface area contributed by atoms with Crippen LogP contribution in [0.2, 0.25) is 0 Å². The van der Waals surface area contributed by atoms with Crippen molar-refractivity contribution in [3.05, 3.63) is 41.7 Å². The van der Waals surface area contributed by atoms with Gasteiger partial charge in [0.2, 0.25) is 47.3 Å². The van der Waals surface area contributed by atoms with Gasteiger partial charge in [-0.25, -0.2) is 0 Å². The molecule has 10 N–H and O–H groups in total. The number of carbonyl (C=O) groups excluding carboxylic acids is 8. The summed E-state index contributed by atoms with van der Waals surface area (Å²) >= 11 is 0. The van der Waals surface area contributed by atoms with Crippen LogP contribution < -0.4 is 43.0 Å². The van der Waals surface area contributed by atoms with Gasteiger partial charge in [-0.3, -0.25) is 43.0 Å². The Hall–Kier alpha value is -6.20. The summed E-state index contributed by atoms with van der Waals surface area (Å²) < 4.78 is 17.6. The average molecular weight is 890 g/mol. The van der Waals surface area contributed by atoms with Crippen LogP contribution in [0, 0.1) is 6.92 Å². The molecule has 1 heterocycles. The number of phenols is 1. The lowest BCUT2D eigenvalue weighted by atomic mass is 10.0. The molecule has 1 aromatic carbocycles. The number of nitrogens with one attached hydrogen (secondary N) is 7. The summed E-state index contributed by atoms with van der Waals surface area (Å²) in [5.41, 5.74) is 6.93. The van der Waals surface area contributed by atoms with Gasteiger partial charge in [0.15, 0.2) is 0 Å². The van der Waals surface area contributed by atoms with E-state index in [4.69, 9.17) is 19.9 Å². The number of unbranched alkanes of at least 4 members (excludes halogenated alkanes) is 2. The Balaban J connectivity index is 1.67. The molecule has 0 aliphatic carbocycles. The SMILES string of the molecule is CCCCC(=O)NCCOCCOCCOCC(=O)NCC(=O)NCC(=O)NCC(=O)N[C@H](C)C(=O)N[C@H](Cc1ccc(O)cc1)C(=O)N[C@@H](CCCCn1cc(C)nn1)C(N)=O. The molecule has 0 fully saturated rings. The molecule has 0 saturated carbocycles. The molecule has 0 unspecified atom stereocenters. The number of amides is 8. The normalized spacial score (nSPS) is 12.2. The molecule has 0 bridgehead atoms. The maximum Gasteiger partial charge on any atom is 0.246 e. The summed E-state index contributed by atoms with van der Waals surface area (Å²) in [6.45, 7) is 5.66. The predicted molar refractivity (Wildman–Crippen MR) is 225 cm³/mol. The summed E-state index contributed by atoms with van der Waals surface area (Å²) in [7, 11) is 0. The molecular formula is C40H63N11O12. The number of nitrogens with two attached hydrogens (primary N) is 1. The van der Waals surface area contributed by atoms with Crippen LogP contribution in [0.15, 0.2) is 30.5 Å². The van der Waals surface area contributed by atoms with Gasteiger partial charge in [0.1, 0.15) is 30.5 Å². The number of rotatable bonds is 33. The largest absolute Gasteiger partial charge is 0.508 e. The zero-order valence-electron chi connectivity index (χ0n) is 36.2. The number of aryl methyl sites for hydroxylation is 2. The van der Waals surface area contributed by atoms with Gasteiger partial charge in [0.25, 0.3) is 0 Å². The second-order valence-electron chi connectivity index (χ2n) is 14.4. The smallest absolute Gasteiger partial charge is 0.246 e. The second kappa shape index (κ2) is 30.8. The van der Waals surface area contributed by atoms with Gasteiger partial charge >= 0.3 is 0 Å². The van der Waals surface area contributed by atoms with Gasteiger partial charge in [-0.2, -0.15) is 0 Å². The minimum Gasteiger partial charge on any atom is -0.508 e. The quantitative estimate of drug-likeness (QED) is 0.0332. The Morgan fingerprint density at radius 3 is 1.94 bits per heavy atom. The van der Waals surface area contributed by atoms with Crippen LogP contribution in [0.1, 0.15) is 63.6 Å². The highest BCUT2D eigenvalue weighted by molar-refractivity contribution is 5.95. The standard InChI is InChI=1S/C40H63N11O12/c1-4-5-9-33(53)42-14-16-61-17-18-62-19-20-63-26-37(57)45-23-35(55)43-22-34(54)44-24-36(56)46-28(3)39(59)48-32(21-29-10-12-30(52)13-11-29)40(60)47-31(38(41)58)8-6-7-15-51-25-27(2)49-50-51/h10-13,25,28,31-32,52H,4-9,14-24,26H2,1-3H3,(H2,41,58)(H,42,53)(H,43,55)(H,44,54)(H,45,57)(H,46,56)(H,47,60)(H,48,59)/t28-,31+,32-/m1/s1. The lowest BCUT2D eigenvalue weighted by Crippen LogP contribution is -2.57. The molecule has 8 amide bonds. The highest BCUT2D eigenvalue weighted by Gasteiger charge is 2.28. The van der Waals surface area contributed by atoms with E-state index in [0.29, 0.717) is 57.7 Å². The third-order valence-electron chi connectivity index (χ3n) is 8.86. The fourth-order valence-corrected chi connectivity index (χ4v) is 5.42. The number of ether oxygens (including phenoxy) is 3. The molecule has 0 radical (unpaired) electrons. The van der Waals surface area contributed by atoms with Gasteiger partial charge in [0.05, 0.1) is 58.4 Å². The van der Waals surface area contributed by atoms with E-state index >= 15 is 0 Å². The Morgan fingerprint density at radius 1 is 0.714 bits per heavy atom. The van der Waals surface area contributed by atoms with E-state index in [1.165, 1.54) is 19.1 Å². The second-order valence-corrected chi connectivity index (χ2v) is 14.4. The van der Waals surface area contributed by atoms with Gasteiger partial charge in [0, 0.05) is 32.1 Å². The first kappa shape index (κ1) is 52.9. The maximum absolute atomic E-state index is 13.5. The van der Waals surface area contributed by atoms with E-state index in [1.54, 1.807) is 23.0 Å². The monoisotopic (exact) mass is 889 g/mol. The molecular weight excluding hydrogens is 827 g/mol. The summed E-state index contributed by atoms with van der Waals surface area (Å²) in [5.74, 6) is -4.96. The summed E-state index contributed by atoms with van der Waals surface area (Å²) in [6, 6.07) is 2.51. The number of primary amides is 1. The Labute approximate surface area is 366 Å². The third-order valence-corrected chi connectivity index (χ3v) is 8.86. The first-order chi connectivity index (χ1) is 30.2. The van der Waals surface area contributed by atoms with Crippen molar-refractivity contribution < 1.29 is 57.7 Å². The average Bonchev–Trinajstić information content (AvgIpc) is 3.68. The van der Waals surface area contributed by atoms with Crippen molar-refractivity contribution in [2.24, 2.45) is 5.73 Å². The number of benzene rings is 1. The third kappa shape index (κ3) is 24.7. The molecule has 2 aromatic rings. The number of hydrogen-bond donors (Lipinski definition) is 9. The van der Waals surface area contributed by atoms with E-state index in [2.05, 4.69) is 47.5 Å². The maximum atomic E-state index is 13.5. The van der Waals surface area contributed by atoms with E-state index < -0.39 is 79.1 Å². The zero-order chi connectivity index (χ0) is 46.4. The number of phenolic OH excluding ortho intramolecular Hbond substituents is 1. The molecule has 63 heavy (non-hydrogen) atoms. The van der Waals surface area contributed by atoms with Gasteiger partial charge < -0.3 is 62.3 Å². The first-order valence-electron chi connectivity index (χ1n) is 20.8. The first-order valence-corrected chi connectivity index (χ1v) is 20.8. The Kier molecular flexibility index (Phi) is 25.9. The van der Waals surface area contributed by atoms with Crippen LogP contribution in [-0.2, 0) is 65.5 Å². The van der Waals surface area contributed by atoms with Crippen molar-refractivity contribution in [2.45, 2.75) is 90.4 Å².